The Morgan fingerprint density at radius 3 is 2.79 bits per heavy atom. The van der Waals surface area contributed by atoms with Crippen LogP contribution in [-0.2, 0) is 0 Å². The molecule has 14 heavy (non-hydrogen) atoms. The van der Waals surface area contributed by atoms with E-state index in [1.807, 2.05) is 0 Å². The van der Waals surface area contributed by atoms with Gasteiger partial charge in [-0.15, -0.1) is 5.10 Å². The molecular formula is C8H13N3O2S. The number of aliphatic hydroxyl groups is 1. The van der Waals surface area contributed by atoms with Crippen molar-refractivity contribution in [3.05, 3.63) is 10.6 Å². The van der Waals surface area contributed by atoms with Crippen LogP contribution in [0.25, 0.3) is 0 Å². The molecule has 1 heterocycles. The Bertz CT molecular complexity index is 324. The average molecular weight is 215 g/mol. The van der Waals surface area contributed by atoms with E-state index in [-0.39, 0.29) is 5.91 Å². The molecular weight excluding hydrogens is 202 g/mol. The molecule has 1 unspecified atom stereocenters. The number of aliphatic hydroxyl groups excluding tert-OH is 1. The summed E-state index contributed by atoms with van der Waals surface area (Å²) in [5.74, 6) is -0.140. The van der Waals surface area contributed by atoms with Crippen molar-refractivity contribution in [3.63, 3.8) is 0 Å². The van der Waals surface area contributed by atoms with E-state index in [9.17, 15) is 4.79 Å². The summed E-state index contributed by atoms with van der Waals surface area (Å²) in [7, 11) is 1.65. The fourth-order valence-corrected chi connectivity index (χ4v) is 1.73. The van der Waals surface area contributed by atoms with Crippen LogP contribution in [0.15, 0.2) is 0 Å². The molecule has 1 amide bonds. The van der Waals surface area contributed by atoms with Crippen LogP contribution in [0.3, 0.4) is 0 Å². The van der Waals surface area contributed by atoms with Gasteiger partial charge in [-0.1, -0.05) is 4.49 Å². The van der Waals surface area contributed by atoms with Crippen LogP contribution < -0.4 is 0 Å². The van der Waals surface area contributed by atoms with Crippen molar-refractivity contribution in [1.29, 1.82) is 0 Å². The number of likely N-dealkylation sites (N-methyl/N-ethyl adjacent to an activating group) is 1. The van der Waals surface area contributed by atoms with Crippen LogP contribution >= 0.6 is 11.5 Å². The second-order valence-electron chi connectivity index (χ2n) is 3.22. The van der Waals surface area contributed by atoms with E-state index in [4.69, 9.17) is 5.11 Å². The van der Waals surface area contributed by atoms with Crippen molar-refractivity contribution in [1.82, 2.24) is 14.5 Å². The van der Waals surface area contributed by atoms with Gasteiger partial charge in [-0.25, -0.2) is 0 Å². The first-order valence-electron chi connectivity index (χ1n) is 4.25. The summed E-state index contributed by atoms with van der Waals surface area (Å²) in [5.41, 5.74) is 0.637. The first-order chi connectivity index (χ1) is 6.52. The smallest absolute Gasteiger partial charge is 0.267 e. The number of rotatable bonds is 3. The number of hydrogen-bond acceptors (Lipinski definition) is 5. The summed E-state index contributed by atoms with van der Waals surface area (Å²) in [6, 6.07) is 0. The highest BCUT2D eigenvalue weighted by Crippen LogP contribution is 2.11. The average Bonchev–Trinajstić information content (AvgIpc) is 2.48. The van der Waals surface area contributed by atoms with E-state index in [0.29, 0.717) is 17.1 Å². The molecule has 1 aromatic heterocycles. The van der Waals surface area contributed by atoms with E-state index >= 15 is 0 Å². The first kappa shape index (κ1) is 11.1. The van der Waals surface area contributed by atoms with Crippen molar-refractivity contribution in [2.24, 2.45) is 0 Å². The molecule has 0 aliphatic carbocycles. The Labute approximate surface area is 86.5 Å². The molecule has 78 valence electrons. The summed E-state index contributed by atoms with van der Waals surface area (Å²) in [5, 5.41) is 12.9. The Kier molecular flexibility index (Phi) is 3.54. The minimum Gasteiger partial charge on any atom is -0.392 e. The maximum absolute atomic E-state index is 11.7. The molecule has 1 N–H and O–H groups in total. The Morgan fingerprint density at radius 1 is 1.71 bits per heavy atom. The molecule has 0 fully saturated rings. The van der Waals surface area contributed by atoms with Gasteiger partial charge in [0.2, 0.25) is 0 Å². The molecule has 0 aromatic carbocycles. The lowest BCUT2D eigenvalue weighted by atomic mass is 10.3. The van der Waals surface area contributed by atoms with E-state index in [0.717, 1.165) is 11.5 Å². The zero-order valence-electron chi connectivity index (χ0n) is 8.39. The van der Waals surface area contributed by atoms with Gasteiger partial charge in [-0.2, -0.15) is 0 Å². The summed E-state index contributed by atoms with van der Waals surface area (Å²) < 4.78 is 3.69. The quantitative estimate of drug-likeness (QED) is 0.787. The highest BCUT2D eigenvalue weighted by molar-refractivity contribution is 7.07. The molecule has 0 radical (unpaired) electrons. The minimum atomic E-state index is -0.523. The predicted octanol–water partition coefficient (Wildman–Crippen LogP) is 0.299. The van der Waals surface area contributed by atoms with E-state index in [1.54, 1.807) is 20.9 Å². The number of amides is 1. The highest BCUT2D eigenvalue weighted by atomic mass is 32.1. The lowest BCUT2D eigenvalue weighted by Gasteiger charge is -2.17. The van der Waals surface area contributed by atoms with Crippen molar-refractivity contribution in [2.45, 2.75) is 20.0 Å². The maximum atomic E-state index is 11.7. The van der Waals surface area contributed by atoms with Crippen molar-refractivity contribution in [2.75, 3.05) is 13.6 Å². The van der Waals surface area contributed by atoms with Gasteiger partial charge in [0.05, 0.1) is 11.8 Å². The van der Waals surface area contributed by atoms with Gasteiger partial charge in [0.15, 0.2) is 0 Å². The maximum Gasteiger partial charge on any atom is 0.267 e. The third-order valence-corrected chi connectivity index (χ3v) is 2.55. The van der Waals surface area contributed by atoms with Crippen LogP contribution in [0, 0.1) is 6.92 Å². The predicted molar refractivity (Wildman–Crippen MR) is 53.3 cm³/mol. The standard InChI is InChI=1S/C8H13N3O2S/c1-5(12)4-11(3)8(13)7-6(2)9-10-14-7/h5,12H,4H2,1-3H3. The minimum absolute atomic E-state index is 0.140. The van der Waals surface area contributed by atoms with Crippen LogP contribution in [0.4, 0.5) is 0 Å². The second kappa shape index (κ2) is 4.47. The Hall–Kier alpha value is -1.01. The van der Waals surface area contributed by atoms with Crippen molar-refractivity contribution < 1.29 is 9.90 Å². The van der Waals surface area contributed by atoms with Crippen LogP contribution in [0.2, 0.25) is 0 Å². The topological polar surface area (TPSA) is 66.3 Å². The molecule has 0 saturated carbocycles. The number of hydrogen-bond donors (Lipinski definition) is 1. The number of carbonyl (C=O) groups is 1. The normalized spacial score (nSPS) is 12.6. The summed E-state index contributed by atoms with van der Waals surface area (Å²) in [4.78, 5) is 13.7. The fourth-order valence-electron chi connectivity index (χ4n) is 1.08. The summed E-state index contributed by atoms with van der Waals surface area (Å²) in [6.45, 7) is 3.70. The lowest BCUT2D eigenvalue weighted by Crippen LogP contribution is -2.32. The van der Waals surface area contributed by atoms with Crippen molar-refractivity contribution >= 4 is 17.4 Å². The number of carbonyl (C=O) groups excluding carboxylic acids is 1. The Morgan fingerprint density at radius 2 is 2.36 bits per heavy atom. The molecule has 0 aliphatic rings. The zero-order valence-corrected chi connectivity index (χ0v) is 9.21. The van der Waals surface area contributed by atoms with Gasteiger partial charge in [-0.3, -0.25) is 4.79 Å². The van der Waals surface area contributed by atoms with Gasteiger partial charge >= 0.3 is 0 Å². The number of aromatic nitrogens is 2. The molecule has 5 nitrogen and oxygen atoms in total. The summed E-state index contributed by atoms with van der Waals surface area (Å²) >= 11 is 1.08. The largest absolute Gasteiger partial charge is 0.392 e. The lowest BCUT2D eigenvalue weighted by molar-refractivity contribution is 0.0707. The highest BCUT2D eigenvalue weighted by Gasteiger charge is 2.18. The van der Waals surface area contributed by atoms with Gasteiger partial charge in [-0.05, 0) is 25.4 Å². The first-order valence-corrected chi connectivity index (χ1v) is 5.02. The monoisotopic (exact) mass is 215 g/mol. The molecule has 0 aliphatic heterocycles. The third kappa shape index (κ3) is 2.49. The van der Waals surface area contributed by atoms with Crippen molar-refractivity contribution in [3.8, 4) is 0 Å². The van der Waals surface area contributed by atoms with E-state index in [1.165, 1.54) is 4.90 Å². The SMILES string of the molecule is Cc1nnsc1C(=O)N(C)CC(C)O. The van der Waals surface area contributed by atoms with Crippen LogP contribution in [0.5, 0.6) is 0 Å². The number of aryl methyl sites for hydroxylation is 1. The molecule has 0 saturated heterocycles. The number of nitrogens with zero attached hydrogens (tertiary/aromatic N) is 3. The van der Waals surface area contributed by atoms with Gasteiger partial charge < -0.3 is 10.0 Å². The van der Waals surface area contributed by atoms with Gasteiger partial charge in [0.25, 0.3) is 5.91 Å². The second-order valence-corrected chi connectivity index (χ2v) is 3.98. The third-order valence-electron chi connectivity index (χ3n) is 1.73. The summed E-state index contributed by atoms with van der Waals surface area (Å²) in [6.07, 6.45) is -0.523. The zero-order chi connectivity index (χ0) is 10.7. The fraction of sp³-hybridized carbons (Fsp3) is 0.625. The van der Waals surface area contributed by atoms with E-state index in [2.05, 4.69) is 9.59 Å². The molecule has 6 heteroatoms. The molecule has 1 aromatic rings. The van der Waals surface area contributed by atoms with Crippen LogP contribution in [-0.4, -0.2) is 45.2 Å². The molecule has 1 atom stereocenters. The Balaban J connectivity index is 2.71. The van der Waals surface area contributed by atoms with E-state index < -0.39 is 6.10 Å². The van der Waals surface area contributed by atoms with Crippen LogP contribution in [0.1, 0.15) is 22.3 Å². The van der Waals surface area contributed by atoms with Gasteiger partial charge in [0.1, 0.15) is 4.88 Å². The molecule has 1 rings (SSSR count). The molecule has 0 bridgehead atoms. The van der Waals surface area contributed by atoms with Gasteiger partial charge in [0, 0.05) is 13.6 Å². The molecule has 0 spiro atoms.